The molecule has 0 bridgehead atoms. The van der Waals surface area contributed by atoms with Crippen LogP contribution in [-0.2, 0) is 24.4 Å². The lowest BCUT2D eigenvalue weighted by atomic mass is 9.95. The van der Waals surface area contributed by atoms with Crippen LogP contribution in [0.4, 0.5) is 0 Å². The molecule has 4 rings (SSSR count). The number of hydrogen-bond acceptors (Lipinski definition) is 6. The van der Waals surface area contributed by atoms with E-state index in [-0.39, 0.29) is 12.5 Å². The molecule has 0 unspecified atom stereocenters. The highest BCUT2D eigenvalue weighted by molar-refractivity contribution is 5.75. The summed E-state index contributed by atoms with van der Waals surface area (Å²) in [6.45, 7) is 7.30. The van der Waals surface area contributed by atoms with Crippen LogP contribution in [0.3, 0.4) is 0 Å². The lowest BCUT2D eigenvalue weighted by Gasteiger charge is -2.31. The van der Waals surface area contributed by atoms with Crippen molar-refractivity contribution < 1.29 is 4.79 Å². The lowest BCUT2D eigenvalue weighted by molar-refractivity contribution is -0.133. The number of aromatic nitrogens is 8. The molecule has 10 heteroatoms. The number of likely N-dealkylation sites (tertiary alicyclic amines) is 1. The zero-order chi connectivity index (χ0) is 19.5. The van der Waals surface area contributed by atoms with E-state index in [9.17, 15) is 4.79 Å². The smallest absolute Gasteiger partial charge is 0.244 e. The van der Waals surface area contributed by atoms with Gasteiger partial charge in [-0.05, 0) is 26.7 Å². The predicted octanol–water partition coefficient (Wildman–Crippen LogP) is 0.849. The van der Waals surface area contributed by atoms with E-state index in [0.717, 1.165) is 49.9 Å². The minimum absolute atomic E-state index is 0.0807. The summed E-state index contributed by atoms with van der Waals surface area (Å²) in [5, 5.41) is 13.0. The summed E-state index contributed by atoms with van der Waals surface area (Å²) in [6, 6.07) is 0. The third-order valence-electron chi connectivity index (χ3n) is 5.38. The number of carbonyl (C=O) groups excluding carboxylic acids is 1. The Morgan fingerprint density at radius 3 is 2.71 bits per heavy atom. The summed E-state index contributed by atoms with van der Waals surface area (Å²) in [5.74, 6) is 3.34. The van der Waals surface area contributed by atoms with Gasteiger partial charge >= 0.3 is 0 Å². The average Bonchev–Trinajstić information content (AvgIpc) is 3.44. The molecule has 0 atom stereocenters. The molecule has 1 amide bonds. The maximum Gasteiger partial charge on any atom is 0.244 e. The first kappa shape index (κ1) is 18.3. The third kappa shape index (κ3) is 3.67. The number of amides is 1. The number of carbonyl (C=O) groups is 1. The second-order valence-electron chi connectivity index (χ2n) is 7.07. The van der Waals surface area contributed by atoms with Crippen molar-refractivity contribution in [2.45, 2.75) is 52.2 Å². The van der Waals surface area contributed by atoms with Crippen molar-refractivity contribution in [2.75, 3.05) is 13.1 Å². The molecule has 0 radical (unpaired) electrons. The van der Waals surface area contributed by atoms with Crippen LogP contribution >= 0.6 is 0 Å². The molecule has 148 valence electrons. The quantitative estimate of drug-likeness (QED) is 0.626. The second kappa shape index (κ2) is 7.91. The van der Waals surface area contributed by atoms with Crippen molar-refractivity contribution in [1.82, 2.24) is 44.0 Å². The molecule has 4 heterocycles. The SMILES string of the molecule is CCn1c(Cn2ccnc2C)nnc1C1CCN(C(=O)Cn2cncn2)CC1. The van der Waals surface area contributed by atoms with E-state index < -0.39 is 0 Å². The minimum Gasteiger partial charge on any atom is -0.341 e. The Kier molecular flexibility index (Phi) is 5.18. The van der Waals surface area contributed by atoms with E-state index in [1.165, 1.54) is 6.33 Å². The maximum atomic E-state index is 12.4. The Balaban J connectivity index is 1.40. The molecule has 1 aliphatic rings. The van der Waals surface area contributed by atoms with Crippen LogP contribution in [0.15, 0.2) is 25.0 Å². The Morgan fingerprint density at radius 2 is 2.07 bits per heavy atom. The first-order valence-corrected chi connectivity index (χ1v) is 9.65. The topological polar surface area (TPSA) is 99.6 Å². The molecular weight excluding hydrogens is 358 g/mol. The van der Waals surface area contributed by atoms with Crippen molar-refractivity contribution in [3.05, 3.63) is 42.5 Å². The molecule has 0 aliphatic carbocycles. The van der Waals surface area contributed by atoms with Gasteiger partial charge in [0.05, 0.1) is 6.54 Å². The van der Waals surface area contributed by atoms with Crippen LogP contribution in [0.25, 0.3) is 0 Å². The molecule has 1 saturated heterocycles. The molecule has 0 saturated carbocycles. The second-order valence-corrected chi connectivity index (χ2v) is 7.07. The van der Waals surface area contributed by atoms with Gasteiger partial charge in [-0.25, -0.2) is 14.6 Å². The van der Waals surface area contributed by atoms with Crippen LogP contribution < -0.4 is 0 Å². The van der Waals surface area contributed by atoms with Crippen LogP contribution in [0.2, 0.25) is 0 Å². The Labute approximate surface area is 163 Å². The van der Waals surface area contributed by atoms with Crippen molar-refractivity contribution in [3.63, 3.8) is 0 Å². The Morgan fingerprint density at radius 1 is 1.25 bits per heavy atom. The summed E-state index contributed by atoms with van der Waals surface area (Å²) in [4.78, 5) is 22.5. The number of rotatable bonds is 6. The number of imidazole rings is 1. The van der Waals surface area contributed by atoms with Gasteiger partial charge in [0.25, 0.3) is 0 Å². The lowest BCUT2D eigenvalue weighted by Crippen LogP contribution is -2.40. The monoisotopic (exact) mass is 383 g/mol. The van der Waals surface area contributed by atoms with Gasteiger partial charge in [0.1, 0.15) is 30.8 Å². The van der Waals surface area contributed by atoms with Gasteiger partial charge in [-0.15, -0.1) is 10.2 Å². The number of nitrogens with zero attached hydrogens (tertiary/aromatic N) is 9. The average molecular weight is 383 g/mol. The van der Waals surface area contributed by atoms with Gasteiger partial charge in [-0.3, -0.25) is 4.79 Å². The molecule has 10 nitrogen and oxygen atoms in total. The van der Waals surface area contributed by atoms with Crippen molar-refractivity contribution in [3.8, 4) is 0 Å². The fourth-order valence-electron chi connectivity index (χ4n) is 3.78. The summed E-state index contributed by atoms with van der Waals surface area (Å²) < 4.78 is 5.84. The molecular formula is C18H25N9O. The Hall–Kier alpha value is -3.04. The largest absolute Gasteiger partial charge is 0.341 e. The fourth-order valence-corrected chi connectivity index (χ4v) is 3.78. The maximum absolute atomic E-state index is 12.4. The highest BCUT2D eigenvalue weighted by atomic mass is 16.2. The van der Waals surface area contributed by atoms with Gasteiger partial charge < -0.3 is 14.0 Å². The molecule has 1 aliphatic heterocycles. The number of hydrogen-bond donors (Lipinski definition) is 0. The van der Waals surface area contributed by atoms with Gasteiger partial charge in [-0.2, -0.15) is 5.10 Å². The third-order valence-corrected chi connectivity index (χ3v) is 5.38. The predicted molar refractivity (Wildman–Crippen MR) is 100 cm³/mol. The summed E-state index contributed by atoms with van der Waals surface area (Å²) in [5.41, 5.74) is 0. The van der Waals surface area contributed by atoms with Crippen LogP contribution in [0.1, 0.15) is 43.2 Å². The van der Waals surface area contributed by atoms with E-state index in [1.54, 1.807) is 17.2 Å². The van der Waals surface area contributed by atoms with E-state index in [4.69, 9.17) is 0 Å². The normalized spacial score (nSPS) is 15.3. The van der Waals surface area contributed by atoms with Gasteiger partial charge in [0.15, 0.2) is 5.82 Å². The summed E-state index contributed by atoms with van der Waals surface area (Å²) >= 11 is 0. The van der Waals surface area contributed by atoms with E-state index in [1.807, 2.05) is 18.0 Å². The molecule has 0 aromatic carbocycles. The first-order valence-electron chi connectivity index (χ1n) is 9.65. The van der Waals surface area contributed by atoms with E-state index in [2.05, 4.69) is 41.3 Å². The first-order chi connectivity index (χ1) is 13.7. The number of aryl methyl sites for hydroxylation is 1. The zero-order valence-electron chi connectivity index (χ0n) is 16.3. The molecule has 0 N–H and O–H groups in total. The number of piperidine rings is 1. The van der Waals surface area contributed by atoms with E-state index in [0.29, 0.717) is 12.5 Å². The highest BCUT2D eigenvalue weighted by Gasteiger charge is 2.28. The minimum atomic E-state index is 0.0807. The standard InChI is InChI=1S/C18H25N9O/c1-3-27-16(10-25-9-6-20-14(25)2)22-23-18(27)15-4-7-24(8-5-15)17(28)11-26-13-19-12-21-26/h6,9,12-13,15H,3-5,7-8,10-11H2,1-2H3. The van der Waals surface area contributed by atoms with E-state index >= 15 is 0 Å². The van der Waals surface area contributed by atoms with Gasteiger partial charge in [0, 0.05) is 37.9 Å². The molecule has 28 heavy (non-hydrogen) atoms. The van der Waals surface area contributed by atoms with Gasteiger partial charge in [0.2, 0.25) is 5.91 Å². The molecule has 3 aromatic heterocycles. The molecule has 0 spiro atoms. The fraction of sp³-hybridized carbons (Fsp3) is 0.556. The zero-order valence-corrected chi connectivity index (χ0v) is 16.3. The van der Waals surface area contributed by atoms with Crippen molar-refractivity contribution >= 4 is 5.91 Å². The van der Waals surface area contributed by atoms with Crippen molar-refractivity contribution in [2.24, 2.45) is 0 Å². The van der Waals surface area contributed by atoms with Gasteiger partial charge in [-0.1, -0.05) is 0 Å². The summed E-state index contributed by atoms with van der Waals surface area (Å²) in [7, 11) is 0. The van der Waals surface area contributed by atoms with Crippen LogP contribution in [0, 0.1) is 6.92 Å². The van der Waals surface area contributed by atoms with Crippen LogP contribution in [-0.4, -0.2) is 63.0 Å². The van der Waals surface area contributed by atoms with Crippen LogP contribution in [0.5, 0.6) is 0 Å². The van der Waals surface area contributed by atoms with Crippen molar-refractivity contribution in [1.29, 1.82) is 0 Å². The highest BCUT2D eigenvalue weighted by Crippen LogP contribution is 2.27. The molecule has 3 aromatic rings. The Bertz CT molecular complexity index is 919. The summed E-state index contributed by atoms with van der Waals surface area (Å²) in [6.07, 6.45) is 8.56. The molecule has 1 fully saturated rings.